The summed E-state index contributed by atoms with van der Waals surface area (Å²) in [4.78, 5) is 9.80. The van der Waals surface area contributed by atoms with Crippen molar-refractivity contribution < 1.29 is 9.47 Å². The number of hydrogen-bond donors (Lipinski definition) is 0. The van der Waals surface area contributed by atoms with Gasteiger partial charge >= 0.3 is 0 Å². The molecule has 4 aromatic carbocycles. The van der Waals surface area contributed by atoms with E-state index in [2.05, 4.69) is 66.7 Å². The van der Waals surface area contributed by atoms with Crippen LogP contribution >= 0.6 is 0 Å². The molecule has 0 radical (unpaired) electrons. The van der Waals surface area contributed by atoms with E-state index in [0.29, 0.717) is 5.82 Å². The normalized spacial score (nSPS) is 12.2. The molecule has 2 heterocycles. The highest BCUT2D eigenvalue weighted by Crippen LogP contribution is 2.33. The molecule has 1 aromatic heterocycles. The van der Waals surface area contributed by atoms with Crippen molar-refractivity contribution in [3.8, 4) is 45.4 Å². The van der Waals surface area contributed by atoms with Crippen molar-refractivity contribution in [1.82, 2.24) is 9.97 Å². The highest BCUT2D eigenvalue weighted by Gasteiger charge is 2.12. The summed E-state index contributed by atoms with van der Waals surface area (Å²) in [5, 5.41) is 0. The third-order valence-corrected chi connectivity index (χ3v) is 5.90. The number of rotatable bonds is 5. The van der Waals surface area contributed by atoms with E-state index in [9.17, 15) is 0 Å². The summed E-state index contributed by atoms with van der Waals surface area (Å²) in [6.45, 7) is 0.281. The molecule has 0 saturated heterocycles. The second kappa shape index (κ2) is 9.27. The number of hydrogen-bond acceptors (Lipinski definition) is 4. The minimum absolute atomic E-state index is 0.281. The van der Waals surface area contributed by atoms with Crippen LogP contribution in [0.5, 0.6) is 11.5 Å². The molecule has 4 nitrogen and oxygen atoms in total. The van der Waals surface area contributed by atoms with Crippen LogP contribution in [0.2, 0.25) is 0 Å². The Kier molecular flexibility index (Phi) is 5.53. The van der Waals surface area contributed by atoms with Crippen LogP contribution in [0.4, 0.5) is 0 Å². The van der Waals surface area contributed by atoms with Crippen molar-refractivity contribution in [3.05, 3.63) is 120 Å². The number of fused-ring (bicyclic) bond motifs is 1. The molecule has 0 amide bonds. The lowest BCUT2D eigenvalue weighted by atomic mass is 10.1. The molecule has 1 aliphatic rings. The second-order valence-electron chi connectivity index (χ2n) is 8.26. The minimum atomic E-state index is 0.281. The van der Waals surface area contributed by atoms with Crippen LogP contribution in [-0.2, 0) is 0 Å². The van der Waals surface area contributed by atoms with Crippen LogP contribution in [0.3, 0.4) is 0 Å². The standard InChI is InChI=1S/C31H22N2O2/c1-3-7-24(8-4-1)27-20-28(25-9-5-2-6-10-25)33-31(32-27)26-16-13-22(14-17-26)11-12-23-15-18-29-30(19-23)35-21-34-29/h1-20H,21H2/b12-11+. The summed E-state index contributed by atoms with van der Waals surface area (Å²) in [5.41, 5.74) is 7.06. The van der Waals surface area contributed by atoms with Crippen molar-refractivity contribution >= 4 is 12.2 Å². The zero-order valence-corrected chi connectivity index (χ0v) is 19.0. The quantitative estimate of drug-likeness (QED) is 0.260. The number of nitrogens with zero attached hydrogens (tertiary/aromatic N) is 2. The first-order chi connectivity index (χ1) is 17.3. The van der Waals surface area contributed by atoms with E-state index in [-0.39, 0.29) is 6.79 Å². The molecule has 5 aromatic rings. The first kappa shape index (κ1) is 20.9. The molecule has 6 rings (SSSR count). The van der Waals surface area contributed by atoms with Gasteiger partial charge in [-0.05, 0) is 29.3 Å². The van der Waals surface area contributed by atoms with Gasteiger partial charge in [0.2, 0.25) is 6.79 Å². The van der Waals surface area contributed by atoms with E-state index >= 15 is 0 Å². The summed E-state index contributed by atoms with van der Waals surface area (Å²) in [7, 11) is 0. The molecular weight excluding hydrogens is 432 g/mol. The van der Waals surface area contributed by atoms with Gasteiger partial charge in [0.1, 0.15) is 0 Å². The Labute approximate surface area is 204 Å². The average Bonchev–Trinajstić information content (AvgIpc) is 3.41. The number of aromatic nitrogens is 2. The van der Waals surface area contributed by atoms with Gasteiger partial charge < -0.3 is 9.47 Å². The topological polar surface area (TPSA) is 44.2 Å². The van der Waals surface area contributed by atoms with Crippen molar-refractivity contribution in [2.24, 2.45) is 0 Å². The molecule has 0 N–H and O–H groups in total. The Hall–Kier alpha value is -4.70. The van der Waals surface area contributed by atoms with Gasteiger partial charge in [-0.1, -0.05) is 103 Å². The lowest BCUT2D eigenvalue weighted by Crippen LogP contribution is -1.95. The Morgan fingerprint density at radius 2 is 1.09 bits per heavy atom. The van der Waals surface area contributed by atoms with Crippen molar-refractivity contribution in [1.29, 1.82) is 0 Å². The molecular formula is C31H22N2O2. The maximum atomic E-state index is 5.47. The average molecular weight is 455 g/mol. The van der Waals surface area contributed by atoms with E-state index in [0.717, 1.165) is 50.7 Å². The molecule has 4 heteroatoms. The Morgan fingerprint density at radius 1 is 0.514 bits per heavy atom. The van der Waals surface area contributed by atoms with Crippen LogP contribution in [0.15, 0.2) is 109 Å². The molecule has 0 unspecified atom stereocenters. The van der Waals surface area contributed by atoms with Gasteiger partial charge in [0.15, 0.2) is 17.3 Å². The summed E-state index contributed by atoms with van der Waals surface area (Å²) < 4.78 is 10.9. The minimum Gasteiger partial charge on any atom is -0.454 e. The third kappa shape index (κ3) is 4.55. The Balaban J connectivity index is 1.32. The maximum absolute atomic E-state index is 5.47. The van der Waals surface area contributed by atoms with Crippen LogP contribution in [0.25, 0.3) is 46.1 Å². The van der Waals surface area contributed by atoms with E-state index in [1.807, 2.05) is 54.6 Å². The summed E-state index contributed by atoms with van der Waals surface area (Å²) in [6.07, 6.45) is 4.15. The maximum Gasteiger partial charge on any atom is 0.231 e. The molecule has 35 heavy (non-hydrogen) atoms. The Bertz CT molecular complexity index is 1440. The molecule has 0 atom stereocenters. The zero-order chi connectivity index (χ0) is 23.5. The predicted octanol–water partition coefficient (Wildman–Crippen LogP) is 7.38. The highest BCUT2D eigenvalue weighted by molar-refractivity contribution is 5.74. The van der Waals surface area contributed by atoms with E-state index < -0.39 is 0 Å². The first-order valence-electron chi connectivity index (χ1n) is 11.5. The number of benzene rings is 4. The largest absolute Gasteiger partial charge is 0.454 e. The van der Waals surface area contributed by atoms with Gasteiger partial charge in [-0.25, -0.2) is 9.97 Å². The van der Waals surface area contributed by atoms with Gasteiger partial charge in [0.25, 0.3) is 0 Å². The molecule has 0 aliphatic carbocycles. The number of ether oxygens (including phenoxy) is 2. The molecule has 0 saturated carbocycles. The van der Waals surface area contributed by atoms with Crippen LogP contribution < -0.4 is 9.47 Å². The van der Waals surface area contributed by atoms with Crippen molar-refractivity contribution in [3.63, 3.8) is 0 Å². The second-order valence-corrected chi connectivity index (χ2v) is 8.26. The van der Waals surface area contributed by atoms with Crippen molar-refractivity contribution in [2.75, 3.05) is 6.79 Å². The Morgan fingerprint density at radius 3 is 1.74 bits per heavy atom. The van der Waals surface area contributed by atoms with Gasteiger partial charge in [0.05, 0.1) is 11.4 Å². The van der Waals surface area contributed by atoms with Gasteiger partial charge in [-0.3, -0.25) is 0 Å². The third-order valence-electron chi connectivity index (χ3n) is 5.90. The predicted molar refractivity (Wildman–Crippen MR) is 140 cm³/mol. The molecule has 0 spiro atoms. The summed E-state index contributed by atoms with van der Waals surface area (Å²) in [5.74, 6) is 2.28. The fraction of sp³-hybridized carbons (Fsp3) is 0.0323. The van der Waals surface area contributed by atoms with E-state index in [4.69, 9.17) is 19.4 Å². The van der Waals surface area contributed by atoms with Gasteiger partial charge in [-0.2, -0.15) is 0 Å². The van der Waals surface area contributed by atoms with Crippen LogP contribution in [-0.4, -0.2) is 16.8 Å². The van der Waals surface area contributed by atoms with Crippen LogP contribution in [0.1, 0.15) is 11.1 Å². The zero-order valence-electron chi connectivity index (χ0n) is 19.0. The summed E-state index contributed by atoms with van der Waals surface area (Å²) >= 11 is 0. The SMILES string of the molecule is C(=C\c1ccc2c(c1)OCO2)/c1ccc(-c2nc(-c3ccccc3)cc(-c3ccccc3)n2)cc1. The van der Waals surface area contributed by atoms with Gasteiger partial charge in [0, 0.05) is 16.7 Å². The van der Waals surface area contributed by atoms with Crippen molar-refractivity contribution in [2.45, 2.75) is 0 Å². The molecule has 168 valence electrons. The molecule has 1 aliphatic heterocycles. The fourth-order valence-electron chi connectivity index (χ4n) is 4.04. The smallest absolute Gasteiger partial charge is 0.231 e. The molecule has 0 bridgehead atoms. The van der Waals surface area contributed by atoms with Gasteiger partial charge in [-0.15, -0.1) is 0 Å². The van der Waals surface area contributed by atoms with E-state index in [1.54, 1.807) is 0 Å². The monoisotopic (exact) mass is 454 g/mol. The highest BCUT2D eigenvalue weighted by atomic mass is 16.7. The summed E-state index contributed by atoms with van der Waals surface area (Å²) in [6, 6.07) is 36.7. The lowest BCUT2D eigenvalue weighted by molar-refractivity contribution is 0.174. The van der Waals surface area contributed by atoms with Crippen LogP contribution in [0, 0.1) is 0 Å². The molecule has 0 fully saturated rings. The fourth-order valence-corrected chi connectivity index (χ4v) is 4.04. The lowest BCUT2D eigenvalue weighted by Gasteiger charge is -2.09. The first-order valence-corrected chi connectivity index (χ1v) is 11.5. The van der Waals surface area contributed by atoms with E-state index in [1.165, 1.54) is 0 Å².